The summed E-state index contributed by atoms with van der Waals surface area (Å²) in [4.78, 5) is 65.9. The number of likely N-dealkylation sites (tertiary alicyclic amines) is 1. The highest BCUT2D eigenvalue weighted by atomic mass is 32.2. The minimum absolute atomic E-state index is 0.0180. The van der Waals surface area contributed by atoms with Crippen LogP contribution in [0.1, 0.15) is 85.5 Å². The van der Waals surface area contributed by atoms with Crippen molar-refractivity contribution in [3.05, 3.63) is 6.07 Å². The van der Waals surface area contributed by atoms with Crippen molar-refractivity contribution in [1.82, 2.24) is 50.4 Å². The zero-order valence-corrected chi connectivity index (χ0v) is 33.7. The molecule has 2 aromatic heterocycles. The molecule has 3 saturated carbocycles. The highest BCUT2D eigenvalue weighted by Gasteiger charge is 2.62. The Kier molecular flexibility index (Phi) is 11.7. The summed E-state index contributed by atoms with van der Waals surface area (Å²) in [6, 6.07) is -0.605. The Hall–Kier alpha value is -3.72. The zero-order chi connectivity index (χ0) is 39.0. The van der Waals surface area contributed by atoms with Gasteiger partial charge in [0.2, 0.25) is 32.9 Å². The van der Waals surface area contributed by atoms with Crippen LogP contribution in [-0.2, 0) is 36.2 Å². The molecule has 5 atom stereocenters. The number of sulfonamides is 1. The van der Waals surface area contributed by atoms with Gasteiger partial charge in [-0.15, -0.1) is 5.10 Å². The van der Waals surface area contributed by atoms with Gasteiger partial charge in [0.25, 0.3) is 5.91 Å². The Morgan fingerprint density at radius 3 is 2.41 bits per heavy atom. The molecule has 18 nitrogen and oxygen atoms in total. The summed E-state index contributed by atoms with van der Waals surface area (Å²) in [7, 11) is -2.18. The molecule has 1 saturated heterocycles. The molecule has 4 aliphatic rings. The van der Waals surface area contributed by atoms with Gasteiger partial charge in [0, 0.05) is 19.5 Å². The van der Waals surface area contributed by atoms with Crippen molar-refractivity contribution in [3.8, 4) is 5.88 Å². The van der Waals surface area contributed by atoms with Crippen LogP contribution in [0.4, 0.5) is 4.79 Å². The second-order valence-electron chi connectivity index (χ2n) is 15.4. The van der Waals surface area contributed by atoms with Gasteiger partial charge in [0.1, 0.15) is 34.9 Å². The van der Waals surface area contributed by atoms with E-state index in [0.29, 0.717) is 34.6 Å². The molecule has 1 aliphatic heterocycles. The Labute approximate surface area is 322 Å². The predicted molar refractivity (Wildman–Crippen MR) is 196 cm³/mol. The SMILES string of the molecule is CC[C@@H]1C[C@]1(NC(=O)[C@@H]1C[C@@H](Oc2cc(Sc3nnnn3C)nc(SC)n2)CN1C(=O)[C@@H](NC(=O)OC1CCCC1)C(C)(C)C)C(=O)NS(=O)(=O)C1CC1. The Bertz CT molecular complexity index is 1860. The highest BCUT2D eigenvalue weighted by molar-refractivity contribution is 7.99. The third-order valence-electron chi connectivity index (χ3n) is 10.3. The number of nitrogens with zero attached hydrogens (tertiary/aromatic N) is 7. The highest BCUT2D eigenvalue weighted by Crippen LogP contribution is 2.47. The molecule has 0 bridgehead atoms. The number of amides is 4. The van der Waals surface area contributed by atoms with Crippen LogP contribution in [0.3, 0.4) is 0 Å². The molecule has 54 heavy (non-hydrogen) atoms. The Balaban J connectivity index is 1.26. The molecule has 3 heterocycles. The number of aromatic nitrogens is 6. The number of aryl methyl sites for hydroxylation is 1. The number of hydrogen-bond donors (Lipinski definition) is 3. The minimum Gasteiger partial charge on any atom is -0.472 e. The van der Waals surface area contributed by atoms with E-state index >= 15 is 0 Å². The van der Waals surface area contributed by atoms with Gasteiger partial charge in [-0.25, -0.2) is 22.9 Å². The first-order valence-corrected chi connectivity index (χ1v) is 21.8. The molecule has 4 amide bonds. The standard InChI is InChI=1S/C33H48N10O8S3/c1-7-18-16-33(18,28(46)39-54(48,49)21-12-13-21)37-26(44)22-14-20(50-23-15-24(35-29(34-23)52-6)53-30-38-40-41-42(30)5)17-43(22)27(45)25(32(2,3)4)36-31(47)51-19-10-8-9-11-19/h15,18-22,25H,7-14,16-17H2,1-6H3,(H,36,47)(H,37,44)(H,39,46)/t18-,20-,22+,25-,33-/m1/s1. The van der Waals surface area contributed by atoms with E-state index in [0.717, 1.165) is 25.7 Å². The molecule has 3 aliphatic carbocycles. The van der Waals surface area contributed by atoms with E-state index in [9.17, 15) is 27.6 Å². The number of carbonyl (C=O) groups is 4. The third-order valence-corrected chi connectivity index (χ3v) is 13.6. The van der Waals surface area contributed by atoms with E-state index in [4.69, 9.17) is 9.47 Å². The second-order valence-corrected chi connectivity index (χ2v) is 19.1. The largest absolute Gasteiger partial charge is 0.472 e. The number of nitrogens with one attached hydrogen (secondary N) is 3. The van der Waals surface area contributed by atoms with E-state index < -0.39 is 68.2 Å². The normalized spacial score (nSPS) is 24.9. The van der Waals surface area contributed by atoms with Crippen LogP contribution in [0.2, 0.25) is 0 Å². The molecule has 0 unspecified atom stereocenters. The zero-order valence-electron chi connectivity index (χ0n) is 31.2. The van der Waals surface area contributed by atoms with Crippen molar-refractivity contribution in [2.45, 2.75) is 136 Å². The molecule has 0 spiro atoms. The maximum absolute atomic E-state index is 14.6. The molecular weight excluding hydrogens is 761 g/mol. The van der Waals surface area contributed by atoms with Crippen LogP contribution >= 0.6 is 23.5 Å². The number of rotatable bonds is 14. The lowest BCUT2D eigenvalue weighted by molar-refractivity contribution is -0.143. The summed E-state index contributed by atoms with van der Waals surface area (Å²) in [5, 5.41) is 17.9. The average molecular weight is 809 g/mol. The summed E-state index contributed by atoms with van der Waals surface area (Å²) >= 11 is 2.50. The van der Waals surface area contributed by atoms with Crippen molar-refractivity contribution in [2.24, 2.45) is 18.4 Å². The van der Waals surface area contributed by atoms with Gasteiger partial charge in [-0.1, -0.05) is 45.9 Å². The maximum Gasteiger partial charge on any atom is 0.408 e. The van der Waals surface area contributed by atoms with Gasteiger partial charge < -0.3 is 25.0 Å². The number of thioether (sulfide) groups is 1. The fourth-order valence-electron chi connectivity index (χ4n) is 6.95. The molecular formula is C33H48N10O8S3. The summed E-state index contributed by atoms with van der Waals surface area (Å²) in [6.45, 7) is 7.22. The van der Waals surface area contributed by atoms with Gasteiger partial charge in [-0.2, -0.15) is 4.98 Å². The first-order valence-electron chi connectivity index (χ1n) is 18.2. The molecule has 2 aromatic rings. The van der Waals surface area contributed by atoms with Crippen molar-refractivity contribution < 1.29 is 37.1 Å². The average Bonchev–Trinajstić information content (AvgIpc) is 3.93. The van der Waals surface area contributed by atoms with Gasteiger partial charge in [-0.3, -0.25) is 19.1 Å². The van der Waals surface area contributed by atoms with Crippen LogP contribution in [0.25, 0.3) is 0 Å². The summed E-state index contributed by atoms with van der Waals surface area (Å²) in [5.41, 5.74) is -2.25. The molecule has 296 valence electrons. The van der Waals surface area contributed by atoms with Crippen molar-refractivity contribution in [1.29, 1.82) is 0 Å². The lowest BCUT2D eigenvalue weighted by Gasteiger charge is -2.35. The fraction of sp³-hybridized carbons (Fsp3) is 0.727. The quantitative estimate of drug-likeness (QED) is 0.141. The van der Waals surface area contributed by atoms with Crippen molar-refractivity contribution in [3.63, 3.8) is 0 Å². The van der Waals surface area contributed by atoms with E-state index in [1.54, 1.807) is 33.9 Å². The number of hydrogen-bond acceptors (Lipinski definition) is 15. The molecule has 21 heteroatoms. The van der Waals surface area contributed by atoms with Crippen LogP contribution in [-0.4, -0.2) is 115 Å². The summed E-state index contributed by atoms with van der Waals surface area (Å²) in [6.07, 6.45) is 5.28. The maximum atomic E-state index is 14.6. The molecule has 0 aromatic carbocycles. The first kappa shape index (κ1) is 40.0. The topological polar surface area (TPSA) is 230 Å². The van der Waals surface area contributed by atoms with Gasteiger partial charge in [0.15, 0.2) is 5.16 Å². The third kappa shape index (κ3) is 9.04. The molecule has 4 fully saturated rings. The van der Waals surface area contributed by atoms with Gasteiger partial charge >= 0.3 is 6.09 Å². The number of ether oxygens (including phenoxy) is 2. The number of alkyl carbamates (subject to hydrolysis) is 1. The second kappa shape index (κ2) is 15.8. The fourth-order valence-corrected chi connectivity index (χ4v) is 9.47. The van der Waals surface area contributed by atoms with Gasteiger partial charge in [0.05, 0.1) is 11.8 Å². The molecule has 0 radical (unpaired) electrons. The predicted octanol–water partition coefficient (Wildman–Crippen LogP) is 2.20. The molecule has 3 N–H and O–H groups in total. The smallest absolute Gasteiger partial charge is 0.408 e. The number of tetrazole rings is 1. The van der Waals surface area contributed by atoms with Crippen LogP contribution in [0, 0.1) is 11.3 Å². The Morgan fingerprint density at radius 1 is 1.09 bits per heavy atom. The van der Waals surface area contributed by atoms with Crippen LogP contribution in [0.5, 0.6) is 5.88 Å². The minimum atomic E-state index is -3.88. The van der Waals surface area contributed by atoms with E-state index in [2.05, 4.69) is 40.8 Å². The van der Waals surface area contributed by atoms with E-state index in [1.807, 2.05) is 13.2 Å². The Morgan fingerprint density at radius 2 is 1.81 bits per heavy atom. The van der Waals surface area contributed by atoms with Crippen molar-refractivity contribution in [2.75, 3.05) is 12.8 Å². The van der Waals surface area contributed by atoms with E-state index in [1.165, 1.54) is 33.1 Å². The number of carbonyl (C=O) groups excluding carboxylic acids is 4. The first-order chi connectivity index (χ1) is 25.5. The molecule has 6 rings (SSSR count). The van der Waals surface area contributed by atoms with Crippen LogP contribution < -0.4 is 20.1 Å². The van der Waals surface area contributed by atoms with Crippen LogP contribution in [0.15, 0.2) is 21.4 Å². The van der Waals surface area contributed by atoms with Gasteiger partial charge in [-0.05, 0) is 84.7 Å². The van der Waals surface area contributed by atoms with E-state index in [-0.39, 0.29) is 37.3 Å². The lowest BCUT2D eigenvalue weighted by Crippen LogP contribution is -2.60. The van der Waals surface area contributed by atoms with Crippen molar-refractivity contribution >= 4 is 57.4 Å². The lowest BCUT2D eigenvalue weighted by atomic mass is 9.85. The monoisotopic (exact) mass is 808 g/mol. The summed E-state index contributed by atoms with van der Waals surface area (Å²) in [5.74, 6) is -2.05. The summed E-state index contributed by atoms with van der Waals surface area (Å²) < 4.78 is 41.2.